The minimum absolute atomic E-state index is 0.00814. The molecule has 2 atom stereocenters. The summed E-state index contributed by atoms with van der Waals surface area (Å²) >= 11 is 0. The average molecular weight is 435 g/mol. The zero-order valence-electron chi connectivity index (χ0n) is 18.6. The highest BCUT2D eigenvalue weighted by Crippen LogP contribution is 2.47. The normalized spacial score (nSPS) is 17.5. The number of carbonyl (C=O) groups is 1. The van der Waals surface area contributed by atoms with E-state index in [9.17, 15) is 4.79 Å². The number of amides is 1. The number of ether oxygens (including phenoxy) is 1. The molecule has 0 bridgehead atoms. The van der Waals surface area contributed by atoms with Crippen molar-refractivity contribution in [3.63, 3.8) is 0 Å². The summed E-state index contributed by atoms with van der Waals surface area (Å²) in [6.07, 6.45) is 0.882. The van der Waals surface area contributed by atoms with Crippen molar-refractivity contribution in [2.24, 2.45) is 11.0 Å². The standard InChI is InChI=1S/C29H26N2O2/c1-20(30-31-29(32)28-18-27(28)23-8-3-2-4-9-23)21-14-16-25(17-15-21)33-19-24-12-7-11-22-10-5-6-13-26(22)24/h2-17,27-28H,18-19H2,1H3,(H,31,32)/b30-20+/t27-,28-/m0/s1. The summed E-state index contributed by atoms with van der Waals surface area (Å²) in [7, 11) is 0. The quantitative estimate of drug-likeness (QED) is 0.284. The van der Waals surface area contributed by atoms with Gasteiger partial charge in [-0.2, -0.15) is 5.10 Å². The van der Waals surface area contributed by atoms with Crippen molar-refractivity contribution < 1.29 is 9.53 Å². The third-order valence-electron chi connectivity index (χ3n) is 6.24. The van der Waals surface area contributed by atoms with E-state index in [1.807, 2.05) is 61.5 Å². The molecule has 0 heterocycles. The zero-order valence-corrected chi connectivity index (χ0v) is 18.6. The van der Waals surface area contributed by atoms with Crippen LogP contribution < -0.4 is 10.2 Å². The molecule has 1 amide bonds. The molecule has 5 rings (SSSR count). The lowest BCUT2D eigenvalue weighted by Crippen LogP contribution is -2.21. The van der Waals surface area contributed by atoms with Crippen LogP contribution in [0.4, 0.5) is 0 Å². The highest BCUT2D eigenvalue weighted by molar-refractivity contribution is 5.99. The Morgan fingerprint density at radius 2 is 1.64 bits per heavy atom. The van der Waals surface area contributed by atoms with E-state index in [1.165, 1.54) is 16.3 Å². The minimum atomic E-state index is -0.0155. The first kappa shape index (κ1) is 21.0. The van der Waals surface area contributed by atoms with Gasteiger partial charge in [0.2, 0.25) is 5.91 Å². The van der Waals surface area contributed by atoms with Gasteiger partial charge < -0.3 is 4.74 Å². The fourth-order valence-electron chi connectivity index (χ4n) is 4.21. The van der Waals surface area contributed by atoms with Gasteiger partial charge in [0.1, 0.15) is 12.4 Å². The van der Waals surface area contributed by atoms with Crippen LogP contribution in [0.3, 0.4) is 0 Å². The van der Waals surface area contributed by atoms with Crippen molar-refractivity contribution in [1.29, 1.82) is 0 Å². The van der Waals surface area contributed by atoms with Gasteiger partial charge >= 0.3 is 0 Å². The Morgan fingerprint density at radius 3 is 2.45 bits per heavy atom. The number of carbonyl (C=O) groups excluding carboxylic acids is 1. The molecule has 0 unspecified atom stereocenters. The Morgan fingerprint density at radius 1 is 0.909 bits per heavy atom. The molecule has 33 heavy (non-hydrogen) atoms. The number of nitrogens with one attached hydrogen (secondary N) is 1. The molecule has 0 saturated heterocycles. The second kappa shape index (κ2) is 9.29. The monoisotopic (exact) mass is 434 g/mol. The maximum Gasteiger partial charge on any atom is 0.243 e. The maximum atomic E-state index is 12.5. The van der Waals surface area contributed by atoms with Crippen LogP contribution in [0.5, 0.6) is 5.75 Å². The highest BCUT2D eigenvalue weighted by Gasteiger charge is 2.43. The Labute approximate surface area is 193 Å². The van der Waals surface area contributed by atoms with Gasteiger partial charge in [0.15, 0.2) is 0 Å². The molecule has 4 heteroatoms. The van der Waals surface area contributed by atoms with Gasteiger partial charge in [-0.25, -0.2) is 5.43 Å². The first-order chi connectivity index (χ1) is 16.2. The summed E-state index contributed by atoms with van der Waals surface area (Å²) in [5, 5.41) is 6.74. The first-order valence-electron chi connectivity index (χ1n) is 11.3. The SMILES string of the molecule is C/C(=N\NC(=O)[C@H]1C[C@H]1c1ccccc1)c1ccc(OCc2cccc3ccccc23)cc1. The molecule has 4 aromatic rings. The van der Waals surface area contributed by atoms with Crippen molar-refractivity contribution in [2.75, 3.05) is 0 Å². The van der Waals surface area contributed by atoms with E-state index < -0.39 is 0 Å². The lowest BCUT2D eigenvalue weighted by atomic mass is 10.1. The number of nitrogens with zero attached hydrogens (tertiary/aromatic N) is 1. The molecule has 164 valence electrons. The van der Waals surface area contributed by atoms with Crippen LogP contribution in [0.1, 0.15) is 36.0 Å². The average Bonchev–Trinajstić information content (AvgIpc) is 3.68. The topological polar surface area (TPSA) is 50.7 Å². The van der Waals surface area contributed by atoms with Crippen molar-refractivity contribution in [3.05, 3.63) is 114 Å². The second-order valence-corrected chi connectivity index (χ2v) is 8.48. The van der Waals surface area contributed by atoms with Crippen LogP contribution in [-0.4, -0.2) is 11.6 Å². The van der Waals surface area contributed by atoms with Crippen LogP contribution in [-0.2, 0) is 11.4 Å². The van der Waals surface area contributed by atoms with Crippen LogP contribution in [0, 0.1) is 5.92 Å². The maximum absolute atomic E-state index is 12.5. The largest absolute Gasteiger partial charge is 0.489 e. The summed E-state index contributed by atoms with van der Waals surface area (Å²) < 4.78 is 6.02. The predicted octanol–water partition coefficient (Wildman–Crippen LogP) is 6.06. The molecular formula is C29H26N2O2. The fraction of sp³-hybridized carbons (Fsp3) is 0.172. The number of rotatable bonds is 7. The van der Waals surface area contributed by atoms with E-state index in [1.54, 1.807) is 0 Å². The second-order valence-electron chi connectivity index (χ2n) is 8.48. The third kappa shape index (κ3) is 4.80. The third-order valence-corrected chi connectivity index (χ3v) is 6.24. The van der Waals surface area contributed by atoms with E-state index in [-0.39, 0.29) is 11.8 Å². The van der Waals surface area contributed by atoms with Gasteiger partial charge in [-0.3, -0.25) is 4.79 Å². The van der Waals surface area contributed by atoms with Crippen molar-refractivity contribution >= 4 is 22.4 Å². The molecule has 0 aromatic heterocycles. The highest BCUT2D eigenvalue weighted by atomic mass is 16.5. The van der Waals surface area contributed by atoms with E-state index in [0.29, 0.717) is 12.5 Å². The first-order valence-corrected chi connectivity index (χ1v) is 11.3. The van der Waals surface area contributed by atoms with Gasteiger partial charge in [-0.1, -0.05) is 72.8 Å². The molecule has 4 nitrogen and oxygen atoms in total. The number of fused-ring (bicyclic) bond motifs is 1. The molecule has 1 aliphatic rings. The molecule has 0 aliphatic heterocycles. The van der Waals surface area contributed by atoms with E-state index >= 15 is 0 Å². The minimum Gasteiger partial charge on any atom is -0.489 e. The van der Waals surface area contributed by atoms with Crippen LogP contribution in [0.25, 0.3) is 10.8 Å². The van der Waals surface area contributed by atoms with E-state index in [0.717, 1.165) is 29.0 Å². The number of hydrogen-bond donors (Lipinski definition) is 1. The lowest BCUT2D eigenvalue weighted by Gasteiger charge is -2.10. The molecular weight excluding hydrogens is 408 g/mol. The van der Waals surface area contributed by atoms with E-state index in [2.05, 4.69) is 53.0 Å². The Kier molecular flexibility index (Phi) is 5.90. The molecule has 0 spiro atoms. The Balaban J connectivity index is 1.17. The molecule has 1 fully saturated rings. The van der Waals surface area contributed by atoms with Gasteiger partial charge in [0, 0.05) is 5.92 Å². The smallest absolute Gasteiger partial charge is 0.243 e. The van der Waals surface area contributed by atoms with Crippen molar-refractivity contribution in [3.8, 4) is 5.75 Å². The van der Waals surface area contributed by atoms with Gasteiger partial charge in [0.05, 0.1) is 5.71 Å². The van der Waals surface area contributed by atoms with Crippen LogP contribution in [0.15, 0.2) is 102 Å². The fourth-order valence-corrected chi connectivity index (χ4v) is 4.21. The number of hydrazone groups is 1. The Bertz CT molecular complexity index is 1290. The molecule has 0 radical (unpaired) electrons. The van der Waals surface area contributed by atoms with Crippen molar-refractivity contribution in [1.82, 2.24) is 5.43 Å². The van der Waals surface area contributed by atoms with Gasteiger partial charge in [-0.15, -0.1) is 0 Å². The van der Waals surface area contributed by atoms with Crippen LogP contribution >= 0.6 is 0 Å². The summed E-state index contributed by atoms with van der Waals surface area (Å²) in [4.78, 5) is 12.5. The summed E-state index contributed by atoms with van der Waals surface area (Å²) in [6.45, 7) is 2.40. The molecule has 1 N–H and O–H groups in total. The lowest BCUT2D eigenvalue weighted by molar-refractivity contribution is -0.122. The number of hydrogen-bond acceptors (Lipinski definition) is 3. The van der Waals surface area contributed by atoms with E-state index in [4.69, 9.17) is 4.74 Å². The number of benzene rings is 4. The van der Waals surface area contributed by atoms with Crippen molar-refractivity contribution in [2.45, 2.75) is 25.9 Å². The predicted molar refractivity (Wildman–Crippen MR) is 132 cm³/mol. The molecule has 1 saturated carbocycles. The summed E-state index contributed by atoms with van der Waals surface area (Å²) in [5.41, 5.74) is 6.83. The van der Waals surface area contributed by atoms with Crippen LogP contribution in [0.2, 0.25) is 0 Å². The van der Waals surface area contributed by atoms with Gasteiger partial charge in [-0.05, 0) is 71.0 Å². The molecule has 1 aliphatic carbocycles. The Hall–Kier alpha value is -3.92. The summed E-state index contributed by atoms with van der Waals surface area (Å²) in [6, 6.07) is 32.6. The van der Waals surface area contributed by atoms with Gasteiger partial charge in [0.25, 0.3) is 0 Å². The molecule has 4 aromatic carbocycles. The summed E-state index contributed by atoms with van der Waals surface area (Å²) in [5.74, 6) is 1.10. The zero-order chi connectivity index (χ0) is 22.6.